The summed E-state index contributed by atoms with van der Waals surface area (Å²) in [7, 11) is 0. The van der Waals surface area contributed by atoms with Crippen molar-refractivity contribution >= 4 is 12.0 Å². The molecular formula is C20H17F3O3. The zero-order valence-corrected chi connectivity index (χ0v) is 14.0. The number of benzene rings is 2. The third-order valence-electron chi connectivity index (χ3n) is 3.98. The van der Waals surface area contributed by atoms with Crippen molar-refractivity contribution in [2.75, 3.05) is 6.61 Å². The van der Waals surface area contributed by atoms with Crippen LogP contribution in [-0.2, 0) is 16.0 Å². The van der Waals surface area contributed by atoms with Crippen molar-refractivity contribution in [1.82, 2.24) is 0 Å². The largest absolute Gasteiger partial charge is 0.475 e. The van der Waals surface area contributed by atoms with E-state index in [9.17, 15) is 18.0 Å². The Kier molecular flexibility index (Phi) is 5.02. The zero-order valence-electron chi connectivity index (χ0n) is 14.0. The molecular weight excluding hydrogens is 345 g/mol. The monoisotopic (exact) mass is 362 g/mol. The summed E-state index contributed by atoms with van der Waals surface area (Å²) >= 11 is 0. The molecule has 3 rings (SSSR count). The molecule has 0 fully saturated rings. The highest BCUT2D eigenvalue weighted by Crippen LogP contribution is 2.38. The lowest BCUT2D eigenvalue weighted by Gasteiger charge is -2.28. The Labute approximate surface area is 149 Å². The third kappa shape index (κ3) is 3.90. The van der Waals surface area contributed by atoms with Gasteiger partial charge in [0, 0.05) is 5.56 Å². The van der Waals surface area contributed by atoms with Crippen LogP contribution < -0.4 is 4.74 Å². The first-order valence-corrected chi connectivity index (χ1v) is 8.17. The SMILES string of the molecule is CCOC(=O)C1=Cc2ccc(Cc3ccccc3)cc2OC1C(F)(F)F. The zero-order chi connectivity index (χ0) is 18.7. The van der Waals surface area contributed by atoms with E-state index in [2.05, 4.69) is 0 Å². The summed E-state index contributed by atoms with van der Waals surface area (Å²) in [6.45, 7) is 1.53. The van der Waals surface area contributed by atoms with Gasteiger partial charge in [-0.3, -0.25) is 0 Å². The lowest BCUT2D eigenvalue weighted by Crippen LogP contribution is -2.40. The molecule has 0 aliphatic carbocycles. The number of esters is 1. The Morgan fingerprint density at radius 3 is 2.50 bits per heavy atom. The molecule has 0 bridgehead atoms. The number of ether oxygens (including phenoxy) is 2. The summed E-state index contributed by atoms with van der Waals surface area (Å²) in [6.07, 6.45) is -5.28. The first-order valence-electron chi connectivity index (χ1n) is 8.17. The van der Waals surface area contributed by atoms with Gasteiger partial charge in [-0.1, -0.05) is 42.5 Å². The number of carbonyl (C=O) groups is 1. The van der Waals surface area contributed by atoms with E-state index < -0.39 is 23.8 Å². The van der Waals surface area contributed by atoms with Crippen LogP contribution in [0.4, 0.5) is 13.2 Å². The van der Waals surface area contributed by atoms with Gasteiger partial charge in [-0.05, 0) is 36.6 Å². The predicted molar refractivity (Wildman–Crippen MR) is 90.8 cm³/mol. The van der Waals surface area contributed by atoms with Crippen LogP contribution >= 0.6 is 0 Å². The van der Waals surface area contributed by atoms with Crippen LogP contribution in [0.3, 0.4) is 0 Å². The summed E-state index contributed by atoms with van der Waals surface area (Å²) in [5, 5.41) is 0. The van der Waals surface area contributed by atoms with Crippen molar-refractivity contribution in [3.05, 3.63) is 70.8 Å². The average Bonchev–Trinajstić information content (AvgIpc) is 2.61. The molecule has 1 aliphatic heterocycles. The van der Waals surface area contributed by atoms with Gasteiger partial charge in [0.25, 0.3) is 0 Å². The van der Waals surface area contributed by atoms with Crippen LogP contribution in [0.15, 0.2) is 54.1 Å². The topological polar surface area (TPSA) is 35.5 Å². The van der Waals surface area contributed by atoms with Crippen molar-refractivity contribution in [2.24, 2.45) is 0 Å². The smallest absolute Gasteiger partial charge is 0.430 e. The molecule has 26 heavy (non-hydrogen) atoms. The fraction of sp³-hybridized carbons (Fsp3) is 0.250. The Balaban J connectivity index is 1.94. The molecule has 0 saturated heterocycles. The van der Waals surface area contributed by atoms with Crippen molar-refractivity contribution in [2.45, 2.75) is 25.6 Å². The third-order valence-corrected chi connectivity index (χ3v) is 3.98. The quantitative estimate of drug-likeness (QED) is 0.749. The molecule has 0 radical (unpaired) electrons. The molecule has 0 spiro atoms. The fourth-order valence-corrected chi connectivity index (χ4v) is 2.80. The van der Waals surface area contributed by atoms with Gasteiger partial charge < -0.3 is 9.47 Å². The number of halogens is 3. The minimum atomic E-state index is -4.72. The Morgan fingerprint density at radius 1 is 1.12 bits per heavy atom. The molecule has 2 aromatic rings. The molecule has 1 atom stereocenters. The van der Waals surface area contributed by atoms with E-state index in [-0.39, 0.29) is 12.4 Å². The Hall–Kier alpha value is -2.76. The van der Waals surface area contributed by atoms with Gasteiger partial charge in [0.15, 0.2) is 0 Å². The summed E-state index contributed by atoms with van der Waals surface area (Å²) in [5.41, 5.74) is 1.75. The second-order valence-electron chi connectivity index (χ2n) is 5.89. The highest BCUT2D eigenvalue weighted by Gasteiger charge is 2.48. The highest BCUT2D eigenvalue weighted by atomic mass is 19.4. The van der Waals surface area contributed by atoms with Gasteiger partial charge in [0.2, 0.25) is 6.10 Å². The number of rotatable bonds is 4. The van der Waals surface area contributed by atoms with Crippen LogP contribution in [0.25, 0.3) is 6.08 Å². The molecule has 0 aromatic heterocycles. The van der Waals surface area contributed by atoms with Crippen LogP contribution in [0.5, 0.6) is 5.75 Å². The lowest BCUT2D eigenvalue weighted by atomic mass is 9.98. The van der Waals surface area contributed by atoms with E-state index in [4.69, 9.17) is 9.47 Å². The Bertz CT molecular complexity index is 826. The van der Waals surface area contributed by atoms with Crippen molar-refractivity contribution in [1.29, 1.82) is 0 Å². The van der Waals surface area contributed by atoms with E-state index >= 15 is 0 Å². The van der Waals surface area contributed by atoms with Crippen molar-refractivity contribution in [3.63, 3.8) is 0 Å². The molecule has 0 N–H and O–H groups in total. The maximum Gasteiger partial charge on any atom is 0.430 e. The number of fused-ring (bicyclic) bond motifs is 1. The van der Waals surface area contributed by atoms with Gasteiger partial charge in [0.05, 0.1) is 12.2 Å². The lowest BCUT2D eigenvalue weighted by molar-refractivity contribution is -0.187. The maximum absolute atomic E-state index is 13.4. The van der Waals surface area contributed by atoms with Crippen molar-refractivity contribution in [3.8, 4) is 5.75 Å². The number of alkyl halides is 3. The highest BCUT2D eigenvalue weighted by molar-refractivity contribution is 5.96. The maximum atomic E-state index is 13.4. The minimum absolute atomic E-state index is 0.0103. The second-order valence-corrected chi connectivity index (χ2v) is 5.89. The molecule has 136 valence electrons. The Morgan fingerprint density at radius 2 is 1.85 bits per heavy atom. The molecule has 1 aliphatic rings. The second kappa shape index (κ2) is 7.23. The number of carbonyl (C=O) groups excluding carboxylic acids is 1. The van der Waals surface area contributed by atoms with Gasteiger partial charge in [0.1, 0.15) is 5.75 Å². The predicted octanol–water partition coefficient (Wildman–Crippen LogP) is 4.55. The van der Waals surface area contributed by atoms with Gasteiger partial charge >= 0.3 is 12.1 Å². The minimum Gasteiger partial charge on any atom is -0.475 e. The number of hydrogen-bond donors (Lipinski definition) is 0. The molecule has 0 amide bonds. The van der Waals surface area contributed by atoms with E-state index in [0.29, 0.717) is 12.0 Å². The van der Waals surface area contributed by atoms with Crippen molar-refractivity contribution < 1.29 is 27.4 Å². The normalized spacial score (nSPS) is 16.3. The van der Waals surface area contributed by atoms with E-state index in [1.807, 2.05) is 36.4 Å². The molecule has 1 heterocycles. The first-order chi connectivity index (χ1) is 12.4. The summed E-state index contributed by atoms with van der Waals surface area (Å²) in [4.78, 5) is 11.9. The van der Waals surface area contributed by atoms with Crippen LogP contribution in [0, 0.1) is 0 Å². The van der Waals surface area contributed by atoms with Crippen LogP contribution in [0.2, 0.25) is 0 Å². The number of hydrogen-bond acceptors (Lipinski definition) is 3. The first kappa shape index (κ1) is 18.0. The van der Waals surface area contributed by atoms with Gasteiger partial charge in [-0.2, -0.15) is 13.2 Å². The fourth-order valence-electron chi connectivity index (χ4n) is 2.80. The molecule has 3 nitrogen and oxygen atoms in total. The summed E-state index contributed by atoms with van der Waals surface area (Å²) in [6, 6.07) is 14.6. The van der Waals surface area contributed by atoms with Crippen LogP contribution in [-0.4, -0.2) is 24.9 Å². The van der Waals surface area contributed by atoms with E-state index in [1.54, 1.807) is 12.1 Å². The van der Waals surface area contributed by atoms with Gasteiger partial charge in [-0.25, -0.2) is 4.79 Å². The van der Waals surface area contributed by atoms with Gasteiger partial charge in [-0.15, -0.1) is 0 Å². The standard InChI is InChI=1S/C20H17F3O3/c1-2-25-19(24)16-12-15-9-8-14(10-13-6-4-3-5-7-13)11-17(15)26-18(16)20(21,22)23/h3-9,11-12,18H,2,10H2,1H3. The van der Waals surface area contributed by atoms with E-state index in [1.165, 1.54) is 13.0 Å². The average molecular weight is 362 g/mol. The molecule has 1 unspecified atom stereocenters. The molecule has 6 heteroatoms. The molecule has 2 aromatic carbocycles. The summed E-state index contributed by atoms with van der Waals surface area (Å²) in [5.74, 6) is -0.914. The van der Waals surface area contributed by atoms with Crippen LogP contribution in [0.1, 0.15) is 23.6 Å². The molecule has 0 saturated carbocycles. The van der Waals surface area contributed by atoms with E-state index in [0.717, 1.165) is 11.1 Å². The summed E-state index contributed by atoms with van der Waals surface area (Å²) < 4.78 is 50.0.